The molecular weight excluding hydrogens is 290 g/mol. The van der Waals surface area contributed by atoms with Crippen molar-refractivity contribution in [3.05, 3.63) is 23.8 Å². The molecule has 1 fully saturated rings. The lowest BCUT2D eigenvalue weighted by atomic mass is 9.95. The molecule has 1 saturated heterocycles. The van der Waals surface area contributed by atoms with E-state index in [1.54, 1.807) is 6.07 Å². The Morgan fingerprint density at radius 3 is 2.91 bits per heavy atom. The Kier molecular flexibility index (Phi) is 3.66. The predicted molar refractivity (Wildman–Crippen MR) is 74.3 cm³/mol. The van der Waals surface area contributed by atoms with Gasteiger partial charge in [0.15, 0.2) is 6.10 Å². The van der Waals surface area contributed by atoms with E-state index in [1.165, 1.54) is 12.1 Å². The maximum atomic E-state index is 11.6. The van der Waals surface area contributed by atoms with Crippen LogP contribution in [-0.4, -0.2) is 42.0 Å². The summed E-state index contributed by atoms with van der Waals surface area (Å²) < 4.78 is 16.3. The van der Waals surface area contributed by atoms with Crippen LogP contribution in [0.1, 0.15) is 18.9 Å². The maximum Gasteiger partial charge on any atom is 0.420 e. The van der Waals surface area contributed by atoms with Crippen LogP contribution in [0.25, 0.3) is 0 Å². The summed E-state index contributed by atoms with van der Waals surface area (Å²) >= 11 is 0. The number of phenols is 1. The molecule has 0 radical (unpaired) electrons. The highest BCUT2D eigenvalue weighted by Gasteiger charge is 2.55. The van der Waals surface area contributed by atoms with Gasteiger partial charge in [-0.1, -0.05) is 13.0 Å². The number of esters is 2. The Bertz CT molecular complexity index is 616. The quantitative estimate of drug-likeness (QED) is 0.475. The van der Waals surface area contributed by atoms with Gasteiger partial charge in [0.25, 0.3) is 0 Å². The molecule has 0 bridgehead atoms. The van der Waals surface area contributed by atoms with Crippen molar-refractivity contribution in [3.63, 3.8) is 0 Å². The maximum absolute atomic E-state index is 11.6. The molecule has 118 valence electrons. The monoisotopic (exact) mass is 307 g/mol. The molecule has 2 unspecified atom stereocenters. The van der Waals surface area contributed by atoms with Crippen LogP contribution in [0, 0.1) is 0 Å². The number of phenolic OH excluding ortho intramolecular Hbond substituents is 1. The highest BCUT2D eigenvalue weighted by Crippen LogP contribution is 2.39. The molecule has 0 aliphatic carbocycles. The van der Waals surface area contributed by atoms with E-state index in [-0.39, 0.29) is 12.3 Å². The number of hydrogen-bond donors (Lipinski definition) is 2. The molecule has 2 heterocycles. The molecule has 3 rings (SSSR count). The van der Waals surface area contributed by atoms with Gasteiger partial charge in [-0.3, -0.25) is 0 Å². The Balaban J connectivity index is 1.93. The summed E-state index contributed by atoms with van der Waals surface area (Å²) in [5.41, 5.74) is 0.777. The van der Waals surface area contributed by atoms with Crippen LogP contribution in [0.15, 0.2) is 18.2 Å². The van der Waals surface area contributed by atoms with Crippen LogP contribution >= 0.6 is 0 Å². The van der Waals surface area contributed by atoms with Crippen LogP contribution in [0.3, 0.4) is 0 Å². The smallest absolute Gasteiger partial charge is 0.420 e. The van der Waals surface area contributed by atoms with E-state index in [9.17, 15) is 14.7 Å². The molecule has 2 aliphatic heterocycles. The standard InChI is InChI=1S/C15H17NO6/c1-2-5-16-8-15-12(20-13(18)14(19)22-15)6-9-3-4-10(17)7-11(9)21-15/h3-4,7,12,16-17H,2,5-6,8H2,1H3. The minimum atomic E-state index is -1.40. The minimum Gasteiger partial charge on any atom is -0.508 e. The molecule has 0 spiro atoms. The third-order valence-electron chi connectivity index (χ3n) is 3.71. The van der Waals surface area contributed by atoms with Gasteiger partial charge in [0, 0.05) is 12.5 Å². The van der Waals surface area contributed by atoms with E-state index < -0.39 is 23.8 Å². The van der Waals surface area contributed by atoms with Gasteiger partial charge in [-0.2, -0.15) is 0 Å². The molecule has 0 saturated carbocycles. The third-order valence-corrected chi connectivity index (χ3v) is 3.71. The van der Waals surface area contributed by atoms with Gasteiger partial charge in [0.05, 0.1) is 6.54 Å². The van der Waals surface area contributed by atoms with Gasteiger partial charge in [-0.05, 0) is 24.6 Å². The van der Waals surface area contributed by atoms with Crippen molar-refractivity contribution in [1.29, 1.82) is 0 Å². The number of nitrogens with one attached hydrogen (secondary N) is 1. The number of benzene rings is 1. The zero-order valence-electron chi connectivity index (χ0n) is 12.1. The number of hydrogen-bond acceptors (Lipinski definition) is 7. The number of carbonyl (C=O) groups excluding carboxylic acids is 2. The van der Waals surface area contributed by atoms with Crippen molar-refractivity contribution in [1.82, 2.24) is 5.32 Å². The molecule has 2 aliphatic rings. The molecule has 0 aromatic heterocycles. The third kappa shape index (κ3) is 2.48. The molecular formula is C15H17NO6. The zero-order chi connectivity index (χ0) is 15.7. The summed E-state index contributed by atoms with van der Waals surface area (Å²) in [6, 6.07) is 4.68. The van der Waals surface area contributed by atoms with E-state index in [2.05, 4.69) is 5.32 Å². The van der Waals surface area contributed by atoms with E-state index in [4.69, 9.17) is 14.2 Å². The molecule has 0 amide bonds. The van der Waals surface area contributed by atoms with Crippen molar-refractivity contribution >= 4 is 11.9 Å². The lowest BCUT2D eigenvalue weighted by Gasteiger charge is -2.44. The van der Waals surface area contributed by atoms with Crippen molar-refractivity contribution < 1.29 is 28.9 Å². The van der Waals surface area contributed by atoms with Crippen LogP contribution in [-0.2, 0) is 25.5 Å². The molecule has 22 heavy (non-hydrogen) atoms. The van der Waals surface area contributed by atoms with Gasteiger partial charge < -0.3 is 24.6 Å². The Hall–Kier alpha value is -2.28. The molecule has 7 heteroatoms. The summed E-state index contributed by atoms with van der Waals surface area (Å²) in [7, 11) is 0. The lowest BCUT2D eigenvalue weighted by molar-refractivity contribution is -0.264. The summed E-state index contributed by atoms with van der Waals surface area (Å²) in [6.45, 7) is 2.90. The first-order chi connectivity index (χ1) is 10.5. The average Bonchev–Trinajstić information content (AvgIpc) is 2.47. The van der Waals surface area contributed by atoms with Crippen molar-refractivity contribution in [2.24, 2.45) is 0 Å². The van der Waals surface area contributed by atoms with Crippen molar-refractivity contribution in [2.45, 2.75) is 31.7 Å². The SMILES string of the molecule is CCCNCC12OC(=O)C(=O)OC1Cc1ccc(O)cc1O2. The first-order valence-electron chi connectivity index (χ1n) is 7.19. The number of rotatable bonds is 4. The molecule has 1 aromatic rings. The van der Waals surface area contributed by atoms with E-state index in [0.717, 1.165) is 12.0 Å². The number of fused-ring (bicyclic) bond motifs is 2. The Labute approximate surface area is 127 Å². The average molecular weight is 307 g/mol. The second kappa shape index (κ2) is 5.49. The molecule has 7 nitrogen and oxygen atoms in total. The van der Waals surface area contributed by atoms with Crippen molar-refractivity contribution in [2.75, 3.05) is 13.1 Å². The van der Waals surface area contributed by atoms with Crippen LogP contribution in [0.4, 0.5) is 0 Å². The van der Waals surface area contributed by atoms with Crippen LogP contribution in [0.2, 0.25) is 0 Å². The number of aromatic hydroxyl groups is 1. The molecule has 2 atom stereocenters. The minimum absolute atomic E-state index is 0.0491. The first-order valence-corrected chi connectivity index (χ1v) is 7.19. The van der Waals surface area contributed by atoms with Gasteiger partial charge in [-0.25, -0.2) is 9.59 Å². The lowest BCUT2D eigenvalue weighted by Crippen LogP contribution is -2.65. The van der Waals surface area contributed by atoms with Crippen molar-refractivity contribution in [3.8, 4) is 11.5 Å². The summed E-state index contributed by atoms with van der Waals surface area (Å²) in [4.78, 5) is 23.1. The van der Waals surface area contributed by atoms with Gasteiger partial charge in [-0.15, -0.1) is 0 Å². The Morgan fingerprint density at radius 1 is 1.32 bits per heavy atom. The van der Waals surface area contributed by atoms with Crippen LogP contribution in [0.5, 0.6) is 11.5 Å². The largest absolute Gasteiger partial charge is 0.508 e. The van der Waals surface area contributed by atoms with Crippen LogP contribution < -0.4 is 10.1 Å². The number of ether oxygens (including phenoxy) is 3. The zero-order valence-corrected chi connectivity index (χ0v) is 12.1. The van der Waals surface area contributed by atoms with E-state index in [0.29, 0.717) is 18.7 Å². The first kappa shape index (κ1) is 14.6. The fourth-order valence-corrected chi connectivity index (χ4v) is 2.63. The molecule has 2 N–H and O–H groups in total. The fourth-order valence-electron chi connectivity index (χ4n) is 2.63. The fraction of sp³-hybridized carbons (Fsp3) is 0.467. The second-order valence-corrected chi connectivity index (χ2v) is 5.37. The highest BCUT2D eigenvalue weighted by atomic mass is 16.8. The summed E-state index contributed by atoms with van der Waals surface area (Å²) in [6.07, 6.45) is 0.521. The summed E-state index contributed by atoms with van der Waals surface area (Å²) in [5.74, 6) is -3.02. The van der Waals surface area contributed by atoms with Gasteiger partial charge in [0.2, 0.25) is 0 Å². The summed E-state index contributed by atoms with van der Waals surface area (Å²) in [5, 5.41) is 12.7. The Morgan fingerprint density at radius 2 is 2.14 bits per heavy atom. The normalized spacial score (nSPS) is 26.3. The molecule has 1 aromatic carbocycles. The second-order valence-electron chi connectivity index (χ2n) is 5.37. The van der Waals surface area contributed by atoms with E-state index in [1.807, 2.05) is 6.92 Å². The number of carbonyl (C=O) groups is 2. The van der Waals surface area contributed by atoms with E-state index >= 15 is 0 Å². The highest BCUT2D eigenvalue weighted by molar-refractivity contribution is 6.30. The van der Waals surface area contributed by atoms with Gasteiger partial charge in [0.1, 0.15) is 11.5 Å². The predicted octanol–water partition coefficient (Wildman–Crippen LogP) is 0.492. The topological polar surface area (TPSA) is 94.1 Å². The van der Waals surface area contributed by atoms with Gasteiger partial charge >= 0.3 is 17.7 Å².